The summed E-state index contributed by atoms with van der Waals surface area (Å²) < 4.78 is 19.3. The van der Waals surface area contributed by atoms with E-state index in [2.05, 4.69) is 9.80 Å². The Kier molecular flexibility index (Phi) is 5.62. The molecule has 0 radical (unpaired) electrons. The van der Waals surface area contributed by atoms with Gasteiger partial charge in [0.15, 0.2) is 5.76 Å². The number of phenolic OH excluding ortho intramolecular Hbond substituents is 1. The fourth-order valence-corrected chi connectivity index (χ4v) is 3.73. The molecule has 0 aliphatic carbocycles. The van der Waals surface area contributed by atoms with Crippen LogP contribution in [0.5, 0.6) is 11.5 Å². The van der Waals surface area contributed by atoms with Gasteiger partial charge in [0.25, 0.3) is 0 Å². The monoisotopic (exact) mass is 398 g/mol. The van der Waals surface area contributed by atoms with Crippen molar-refractivity contribution in [2.75, 3.05) is 39.3 Å². The zero-order valence-corrected chi connectivity index (χ0v) is 16.0. The highest BCUT2D eigenvalue weighted by molar-refractivity contribution is 6.15. The summed E-state index contributed by atoms with van der Waals surface area (Å²) in [7, 11) is 0. The summed E-state index contributed by atoms with van der Waals surface area (Å²) in [6.07, 6.45) is 1.51. The van der Waals surface area contributed by atoms with E-state index < -0.39 is 0 Å². The van der Waals surface area contributed by atoms with Crippen LogP contribution in [0.4, 0.5) is 4.39 Å². The molecular formula is C22H23FN2O4. The van der Waals surface area contributed by atoms with E-state index in [-0.39, 0.29) is 29.7 Å². The number of allylic oxidation sites excluding steroid dienone is 1. The number of hydrogen-bond donors (Lipinski definition) is 2. The number of piperazine rings is 1. The SMILES string of the molecule is O=C1/C(=C\c2cccc(F)c2)Oc2c1ccc(O)c2CN1CCN(CCO)CC1. The fraction of sp³-hybridized carbons (Fsp3) is 0.318. The van der Waals surface area contributed by atoms with Gasteiger partial charge in [-0.3, -0.25) is 14.6 Å². The van der Waals surface area contributed by atoms with E-state index in [0.29, 0.717) is 35.5 Å². The van der Waals surface area contributed by atoms with Crippen molar-refractivity contribution >= 4 is 11.9 Å². The van der Waals surface area contributed by atoms with Crippen molar-refractivity contribution in [3.05, 3.63) is 64.7 Å². The van der Waals surface area contributed by atoms with Gasteiger partial charge in [-0.15, -0.1) is 0 Å². The summed E-state index contributed by atoms with van der Waals surface area (Å²) in [5.41, 5.74) is 1.51. The van der Waals surface area contributed by atoms with Gasteiger partial charge in [0.1, 0.15) is 17.3 Å². The number of aromatic hydroxyl groups is 1. The van der Waals surface area contributed by atoms with Gasteiger partial charge in [0.05, 0.1) is 17.7 Å². The second kappa shape index (κ2) is 8.32. The third-order valence-corrected chi connectivity index (χ3v) is 5.33. The summed E-state index contributed by atoms with van der Waals surface area (Å²) in [5.74, 6) is -0.0961. The fourth-order valence-electron chi connectivity index (χ4n) is 3.73. The first-order chi connectivity index (χ1) is 14.0. The molecule has 4 rings (SSSR count). The van der Waals surface area contributed by atoms with Crippen molar-refractivity contribution in [1.82, 2.24) is 9.80 Å². The van der Waals surface area contributed by atoms with E-state index in [1.807, 2.05) is 0 Å². The third kappa shape index (κ3) is 4.17. The first-order valence-corrected chi connectivity index (χ1v) is 9.65. The number of carbonyl (C=O) groups is 1. The van der Waals surface area contributed by atoms with Gasteiger partial charge in [-0.05, 0) is 35.9 Å². The van der Waals surface area contributed by atoms with Crippen LogP contribution < -0.4 is 4.74 Å². The molecule has 2 N–H and O–H groups in total. The van der Waals surface area contributed by atoms with Crippen LogP contribution >= 0.6 is 0 Å². The number of aliphatic hydroxyl groups excluding tert-OH is 1. The van der Waals surface area contributed by atoms with Crippen LogP contribution in [0, 0.1) is 5.82 Å². The average Bonchev–Trinajstić information content (AvgIpc) is 3.01. The Morgan fingerprint density at radius 2 is 1.86 bits per heavy atom. The number of halogens is 1. The molecule has 0 bridgehead atoms. The number of hydrogen-bond acceptors (Lipinski definition) is 6. The molecule has 0 aromatic heterocycles. The average molecular weight is 398 g/mol. The number of phenols is 1. The maximum Gasteiger partial charge on any atom is 0.231 e. The van der Waals surface area contributed by atoms with Gasteiger partial charge in [-0.2, -0.15) is 0 Å². The van der Waals surface area contributed by atoms with E-state index in [0.717, 1.165) is 26.2 Å². The summed E-state index contributed by atoms with van der Waals surface area (Å²) in [4.78, 5) is 17.1. The van der Waals surface area contributed by atoms with E-state index in [1.54, 1.807) is 18.2 Å². The lowest BCUT2D eigenvalue weighted by molar-refractivity contribution is 0.101. The zero-order valence-electron chi connectivity index (χ0n) is 16.0. The van der Waals surface area contributed by atoms with Gasteiger partial charge in [-0.1, -0.05) is 12.1 Å². The number of rotatable bonds is 5. The molecule has 1 saturated heterocycles. The van der Waals surface area contributed by atoms with Crippen molar-refractivity contribution < 1.29 is 24.1 Å². The summed E-state index contributed by atoms with van der Waals surface area (Å²) in [6, 6.07) is 9.01. The number of fused-ring (bicyclic) bond motifs is 1. The number of ether oxygens (including phenoxy) is 1. The minimum atomic E-state index is -0.388. The van der Waals surface area contributed by atoms with E-state index in [4.69, 9.17) is 9.84 Å². The minimum Gasteiger partial charge on any atom is -0.507 e. The molecule has 7 heteroatoms. The molecule has 2 aliphatic heterocycles. The third-order valence-electron chi connectivity index (χ3n) is 5.33. The molecule has 2 aliphatic rings. The van der Waals surface area contributed by atoms with Crippen LogP contribution in [0.25, 0.3) is 6.08 Å². The standard InChI is InChI=1S/C22H23FN2O4/c23-16-3-1-2-15(12-16)13-20-21(28)17-4-5-19(27)18(22(17)29-20)14-25-8-6-24(7-9-25)10-11-26/h1-5,12-13,26-27H,6-11,14H2/b20-13+. The Morgan fingerprint density at radius 1 is 1.10 bits per heavy atom. The van der Waals surface area contributed by atoms with Crippen LogP contribution in [0.2, 0.25) is 0 Å². The Morgan fingerprint density at radius 3 is 2.59 bits per heavy atom. The number of β-amino-alcohol motifs (C(OH)–C–C–N with tert-alkyl or cyclic N) is 1. The smallest absolute Gasteiger partial charge is 0.231 e. The topological polar surface area (TPSA) is 73.2 Å². The highest BCUT2D eigenvalue weighted by Gasteiger charge is 2.32. The van der Waals surface area contributed by atoms with E-state index >= 15 is 0 Å². The van der Waals surface area contributed by atoms with Crippen molar-refractivity contribution in [3.63, 3.8) is 0 Å². The van der Waals surface area contributed by atoms with Crippen LogP contribution in [-0.2, 0) is 6.54 Å². The Bertz CT molecular complexity index is 952. The Hall–Kier alpha value is -2.74. The predicted octanol–water partition coefficient (Wildman–Crippen LogP) is 2.26. The molecule has 0 amide bonds. The van der Waals surface area contributed by atoms with Crippen molar-refractivity contribution in [2.24, 2.45) is 0 Å². The summed E-state index contributed by atoms with van der Waals surface area (Å²) in [5, 5.41) is 19.5. The van der Waals surface area contributed by atoms with E-state index in [9.17, 15) is 14.3 Å². The van der Waals surface area contributed by atoms with Gasteiger partial charge in [0, 0.05) is 39.3 Å². The Balaban J connectivity index is 1.55. The minimum absolute atomic E-state index is 0.0846. The maximum absolute atomic E-state index is 13.4. The molecule has 152 valence electrons. The molecule has 2 aromatic rings. The molecule has 0 atom stereocenters. The van der Waals surface area contributed by atoms with Crippen LogP contribution in [-0.4, -0.2) is 65.1 Å². The summed E-state index contributed by atoms with van der Waals surface area (Å²) >= 11 is 0. The molecule has 0 saturated carbocycles. The molecule has 0 spiro atoms. The largest absolute Gasteiger partial charge is 0.507 e. The highest BCUT2D eigenvalue weighted by atomic mass is 19.1. The number of ketones is 1. The molecule has 2 aromatic carbocycles. The molecule has 29 heavy (non-hydrogen) atoms. The second-order valence-electron chi connectivity index (χ2n) is 7.28. The lowest BCUT2D eigenvalue weighted by atomic mass is 10.0. The number of aliphatic hydroxyl groups is 1. The van der Waals surface area contributed by atoms with Crippen LogP contribution in [0.3, 0.4) is 0 Å². The molecule has 2 heterocycles. The van der Waals surface area contributed by atoms with Crippen LogP contribution in [0.15, 0.2) is 42.2 Å². The van der Waals surface area contributed by atoms with Crippen LogP contribution in [0.1, 0.15) is 21.5 Å². The predicted molar refractivity (Wildman–Crippen MR) is 106 cm³/mol. The first-order valence-electron chi connectivity index (χ1n) is 9.65. The van der Waals surface area contributed by atoms with Gasteiger partial charge < -0.3 is 14.9 Å². The van der Waals surface area contributed by atoms with E-state index in [1.165, 1.54) is 24.3 Å². The Labute approximate surface area is 168 Å². The van der Waals surface area contributed by atoms with Gasteiger partial charge >= 0.3 is 0 Å². The molecule has 0 unspecified atom stereocenters. The van der Waals surface area contributed by atoms with Gasteiger partial charge in [0.2, 0.25) is 5.78 Å². The molecule has 6 nitrogen and oxygen atoms in total. The molecule has 1 fully saturated rings. The number of nitrogens with zero attached hydrogens (tertiary/aromatic N) is 2. The normalized spacial score (nSPS) is 18.8. The maximum atomic E-state index is 13.4. The first kappa shape index (κ1) is 19.6. The molecular weight excluding hydrogens is 375 g/mol. The summed E-state index contributed by atoms with van der Waals surface area (Å²) in [6.45, 7) is 4.52. The number of benzene rings is 2. The van der Waals surface area contributed by atoms with Gasteiger partial charge in [-0.25, -0.2) is 4.39 Å². The lowest BCUT2D eigenvalue weighted by Gasteiger charge is -2.34. The van der Waals surface area contributed by atoms with Crippen molar-refractivity contribution in [3.8, 4) is 11.5 Å². The van der Waals surface area contributed by atoms with Crippen molar-refractivity contribution in [1.29, 1.82) is 0 Å². The number of carbonyl (C=O) groups excluding carboxylic acids is 1. The quantitative estimate of drug-likeness (QED) is 0.753. The number of Topliss-reactive ketones (excluding diaryl/α,β-unsaturated/α-hetero) is 1. The second-order valence-corrected chi connectivity index (χ2v) is 7.28. The lowest BCUT2D eigenvalue weighted by Crippen LogP contribution is -2.46. The zero-order chi connectivity index (χ0) is 20.4. The highest BCUT2D eigenvalue weighted by Crippen LogP contribution is 2.40. The van der Waals surface area contributed by atoms with Crippen molar-refractivity contribution in [2.45, 2.75) is 6.54 Å².